The number of hydrogen-bond donors (Lipinski definition) is 2. The van der Waals surface area contributed by atoms with Crippen molar-refractivity contribution in [1.82, 2.24) is 10.9 Å². The van der Waals surface area contributed by atoms with E-state index in [1.165, 1.54) is 12.8 Å². The summed E-state index contributed by atoms with van der Waals surface area (Å²) in [7, 11) is 0. The highest BCUT2D eigenvalue weighted by atomic mass is 16.2. The van der Waals surface area contributed by atoms with Crippen molar-refractivity contribution in [2.75, 3.05) is 0 Å². The molecule has 6 heteroatoms. The van der Waals surface area contributed by atoms with Crippen LogP contribution in [0.25, 0.3) is 0 Å². The zero-order chi connectivity index (χ0) is 17.4. The van der Waals surface area contributed by atoms with Crippen LogP contribution in [0.1, 0.15) is 78.1 Å². The molecule has 0 spiro atoms. The predicted octanol–water partition coefficient (Wildman–Crippen LogP) is 3.13. The van der Waals surface area contributed by atoms with Gasteiger partial charge in [0.2, 0.25) is 11.8 Å². The Morgan fingerprint density at radius 1 is 0.833 bits per heavy atom. The molecule has 0 radical (unpaired) electrons. The molecule has 0 heterocycles. The largest absolute Gasteiger partial charge is 0.273 e. The first-order chi connectivity index (χ1) is 11.6. The van der Waals surface area contributed by atoms with E-state index in [1.54, 1.807) is 0 Å². The summed E-state index contributed by atoms with van der Waals surface area (Å²) in [6, 6.07) is 0. The Labute approximate surface area is 144 Å². The van der Waals surface area contributed by atoms with Crippen LogP contribution in [0.5, 0.6) is 0 Å². The molecule has 0 bridgehead atoms. The van der Waals surface area contributed by atoms with Crippen molar-refractivity contribution in [3.05, 3.63) is 0 Å². The van der Waals surface area contributed by atoms with Crippen molar-refractivity contribution >= 4 is 23.2 Å². The molecule has 0 aromatic heterocycles. The smallest absolute Gasteiger partial charge is 0.240 e. The fourth-order valence-electron chi connectivity index (χ4n) is 3.28. The molecule has 2 rings (SSSR count). The number of rotatable bonds is 5. The lowest BCUT2D eigenvalue weighted by Gasteiger charge is -2.20. The molecule has 0 aliphatic heterocycles. The van der Waals surface area contributed by atoms with Gasteiger partial charge in [-0.2, -0.15) is 10.2 Å². The van der Waals surface area contributed by atoms with Gasteiger partial charge in [0, 0.05) is 24.3 Å². The summed E-state index contributed by atoms with van der Waals surface area (Å²) in [5, 5.41) is 8.46. The first-order valence-electron chi connectivity index (χ1n) is 9.27. The third-order valence-corrected chi connectivity index (χ3v) is 5.01. The number of nitrogens with zero attached hydrogens (tertiary/aromatic N) is 2. The molecule has 2 aliphatic rings. The molecule has 0 aromatic rings. The fourth-order valence-corrected chi connectivity index (χ4v) is 3.28. The summed E-state index contributed by atoms with van der Waals surface area (Å²) in [5.74, 6) is 0.453. The molecule has 134 valence electrons. The van der Waals surface area contributed by atoms with Crippen molar-refractivity contribution < 1.29 is 9.59 Å². The van der Waals surface area contributed by atoms with Crippen LogP contribution in [-0.4, -0.2) is 23.2 Å². The second-order valence-corrected chi connectivity index (χ2v) is 7.07. The zero-order valence-electron chi connectivity index (χ0n) is 14.9. The van der Waals surface area contributed by atoms with Crippen LogP contribution in [0.15, 0.2) is 10.2 Å². The lowest BCUT2D eigenvalue weighted by Crippen LogP contribution is -2.27. The molecule has 2 unspecified atom stereocenters. The Bertz CT molecular complexity index is 467. The third kappa shape index (κ3) is 6.06. The summed E-state index contributed by atoms with van der Waals surface area (Å²) in [6.45, 7) is 4.28. The molecular formula is C18H30N4O2. The second-order valence-electron chi connectivity index (χ2n) is 7.07. The van der Waals surface area contributed by atoms with E-state index in [-0.39, 0.29) is 24.7 Å². The lowest BCUT2D eigenvalue weighted by atomic mass is 9.89. The number of nitrogens with one attached hydrogen (secondary N) is 2. The third-order valence-electron chi connectivity index (χ3n) is 5.01. The van der Waals surface area contributed by atoms with Gasteiger partial charge >= 0.3 is 0 Å². The van der Waals surface area contributed by atoms with Gasteiger partial charge in [-0.1, -0.05) is 26.7 Å². The topological polar surface area (TPSA) is 82.9 Å². The molecule has 0 saturated heterocycles. The van der Waals surface area contributed by atoms with Crippen molar-refractivity contribution in [1.29, 1.82) is 0 Å². The monoisotopic (exact) mass is 334 g/mol. The number of carbonyl (C=O) groups is 2. The maximum atomic E-state index is 11.8. The van der Waals surface area contributed by atoms with Crippen molar-refractivity contribution in [3.63, 3.8) is 0 Å². The molecule has 2 aliphatic carbocycles. The van der Waals surface area contributed by atoms with Crippen LogP contribution in [0.4, 0.5) is 0 Å². The molecule has 2 amide bonds. The average Bonchev–Trinajstić information content (AvgIpc) is 2.58. The molecule has 24 heavy (non-hydrogen) atoms. The van der Waals surface area contributed by atoms with Crippen molar-refractivity contribution in [3.8, 4) is 0 Å². The van der Waals surface area contributed by atoms with Crippen LogP contribution >= 0.6 is 0 Å². The number of amides is 2. The van der Waals surface area contributed by atoms with Gasteiger partial charge in [0.25, 0.3) is 0 Å². The SMILES string of the molecule is CC1CCCCC1=NNC(=O)CCC(=O)NN=C1CCCCC1C. The summed E-state index contributed by atoms with van der Waals surface area (Å²) in [5.41, 5.74) is 7.30. The average molecular weight is 334 g/mol. The summed E-state index contributed by atoms with van der Waals surface area (Å²) >= 11 is 0. The van der Waals surface area contributed by atoms with Crippen LogP contribution < -0.4 is 10.9 Å². The number of carbonyl (C=O) groups excluding carboxylic acids is 2. The summed E-state index contributed by atoms with van der Waals surface area (Å²) in [4.78, 5) is 23.6. The van der Waals surface area contributed by atoms with E-state index in [9.17, 15) is 9.59 Å². The van der Waals surface area contributed by atoms with Gasteiger partial charge in [-0.15, -0.1) is 0 Å². The Balaban J connectivity index is 1.68. The van der Waals surface area contributed by atoms with E-state index < -0.39 is 0 Å². The number of hydrazone groups is 2. The molecule has 2 N–H and O–H groups in total. The Hall–Kier alpha value is -1.72. The molecule has 2 atom stereocenters. The lowest BCUT2D eigenvalue weighted by molar-refractivity contribution is -0.126. The molecule has 0 aromatic carbocycles. The zero-order valence-corrected chi connectivity index (χ0v) is 14.9. The van der Waals surface area contributed by atoms with Crippen molar-refractivity contribution in [2.24, 2.45) is 22.0 Å². The van der Waals surface area contributed by atoms with Crippen LogP contribution in [0.2, 0.25) is 0 Å². The van der Waals surface area contributed by atoms with E-state index in [0.717, 1.165) is 49.9 Å². The Morgan fingerprint density at radius 3 is 1.62 bits per heavy atom. The predicted molar refractivity (Wildman–Crippen MR) is 95.7 cm³/mol. The Kier molecular flexibility index (Phi) is 7.40. The highest BCUT2D eigenvalue weighted by Crippen LogP contribution is 2.21. The molecule has 2 saturated carbocycles. The minimum absolute atomic E-state index is 0.136. The van der Waals surface area contributed by atoms with Gasteiger partial charge in [0.15, 0.2) is 0 Å². The van der Waals surface area contributed by atoms with E-state index in [0.29, 0.717) is 11.8 Å². The first kappa shape index (κ1) is 18.6. The minimum atomic E-state index is -0.214. The van der Waals surface area contributed by atoms with Crippen LogP contribution in [0, 0.1) is 11.8 Å². The van der Waals surface area contributed by atoms with Gasteiger partial charge < -0.3 is 0 Å². The first-order valence-corrected chi connectivity index (χ1v) is 9.27. The van der Waals surface area contributed by atoms with Gasteiger partial charge in [-0.3, -0.25) is 9.59 Å². The highest BCUT2D eigenvalue weighted by Gasteiger charge is 2.17. The fraction of sp³-hybridized carbons (Fsp3) is 0.778. The van der Waals surface area contributed by atoms with Gasteiger partial charge in [0.05, 0.1) is 0 Å². The molecule has 6 nitrogen and oxygen atoms in total. The maximum Gasteiger partial charge on any atom is 0.240 e. The number of hydrogen-bond acceptors (Lipinski definition) is 4. The summed E-state index contributed by atoms with van der Waals surface area (Å²) in [6.07, 6.45) is 9.20. The van der Waals surface area contributed by atoms with Gasteiger partial charge in [-0.25, -0.2) is 10.9 Å². The highest BCUT2D eigenvalue weighted by molar-refractivity contribution is 5.90. The second kappa shape index (κ2) is 9.55. The standard InChI is InChI=1S/C18H30N4O2/c1-13-7-3-5-9-15(13)19-21-17(23)11-12-18(24)22-20-16-10-6-4-8-14(16)2/h13-14H,3-12H2,1-2H3,(H,21,23)(H,22,24). The molecule has 2 fully saturated rings. The Morgan fingerprint density at radius 2 is 1.25 bits per heavy atom. The van der Waals surface area contributed by atoms with Crippen molar-refractivity contribution in [2.45, 2.75) is 78.1 Å². The summed E-state index contributed by atoms with van der Waals surface area (Å²) < 4.78 is 0. The van der Waals surface area contributed by atoms with Crippen LogP contribution in [0.3, 0.4) is 0 Å². The van der Waals surface area contributed by atoms with Gasteiger partial charge in [-0.05, 0) is 50.4 Å². The maximum absolute atomic E-state index is 11.8. The van der Waals surface area contributed by atoms with Crippen LogP contribution in [-0.2, 0) is 9.59 Å². The van der Waals surface area contributed by atoms with E-state index in [2.05, 4.69) is 34.9 Å². The minimum Gasteiger partial charge on any atom is -0.273 e. The van der Waals surface area contributed by atoms with E-state index in [4.69, 9.17) is 0 Å². The van der Waals surface area contributed by atoms with E-state index in [1.807, 2.05) is 0 Å². The normalized spacial score (nSPS) is 27.9. The van der Waals surface area contributed by atoms with Gasteiger partial charge in [0.1, 0.15) is 0 Å². The van der Waals surface area contributed by atoms with E-state index >= 15 is 0 Å². The quantitative estimate of drug-likeness (QED) is 0.757. The molecular weight excluding hydrogens is 304 g/mol.